The van der Waals surface area contributed by atoms with Crippen LogP contribution in [0.15, 0.2) is 70.7 Å². The van der Waals surface area contributed by atoms with Crippen molar-refractivity contribution in [3.8, 4) is 11.3 Å². The molecular weight excluding hydrogens is 384 g/mol. The lowest BCUT2D eigenvalue weighted by Crippen LogP contribution is -2.43. The first-order chi connectivity index (χ1) is 14.2. The van der Waals surface area contributed by atoms with Crippen LogP contribution in [0.2, 0.25) is 0 Å². The first-order valence-corrected chi connectivity index (χ1v) is 10.5. The zero-order chi connectivity index (χ0) is 20.1. The van der Waals surface area contributed by atoms with E-state index in [1.165, 1.54) is 0 Å². The van der Waals surface area contributed by atoms with E-state index in [9.17, 15) is 9.59 Å². The zero-order valence-electron chi connectivity index (χ0n) is 15.9. The number of nitrogens with zero attached hydrogens (tertiary/aromatic N) is 1. The van der Waals surface area contributed by atoms with Crippen LogP contribution in [0.5, 0.6) is 0 Å². The van der Waals surface area contributed by atoms with E-state index < -0.39 is 0 Å². The van der Waals surface area contributed by atoms with Crippen molar-refractivity contribution >= 4 is 34.9 Å². The molecule has 1 N–H and O–H groups in total. The molecular formula is C23H22N2O3S. The van der Waals surface area contributed by atoms with E-state index in [1.54, 1.807) is 28.6 Å². The Labute approximate surface area is 173 Å². The number of thiophene rings is 1. The fraction of sp³-hybridized carbons (Fsp3) is 0.217. The van der Waals surface area contributed by atoms with Crippen LogP contribution in [-0.4, -0.2) is 29.8 Å². The van der Waals surface area contributed by atoms with Gasteiger partial charge >= 0.3 is 0 Å². The first-order valence-electron chi connectivity index (χ1n) is 9.64. The second-order valence-corrected chi connectivity index (χ2v) is 8.00. The molecule has 148 valence electrons. The summed E-state index contributed by atoms with van der Waals surface area (Å²) in [6.07, 6.45) is 6.68. The minimum atomic E-state index is -0.201. The summed E-state index contributed by atoms with van der Waals surface area (Å²) in [6, 6.07) is 15.2. The van der Waals surface area contributed by atoms with Crippen LogP contribution < -0.4 is 5.32 Å². The molecule has 3 aromatic rings. The Kier molecular flexibility index (Phi) is 5.91. The van der Waals surface area contributed by atoms with E-state index in [1.807, 2.05) is 60.0 Å². The summed E-state index contributed by atoms with van der Waals surface area (Å²) in [5.41, 5.74) is 1.70. The fourth-order valence-corrected chi connectivity index (χ4v) is 4.06. The van der Waals surface area contributed by atoms with Gasteiger partial charge in [-0.05, 0) is 66.8 Å². The van der Waals surface area contributed by atoms with Gasteiger partial charge in [-0.15, -0.1) is 11.3 Å². The lowest BCUT2D eigenvalue weighted by molar-refractivity contribution is -0.130. The van der Waals surface area contributed by atoms with Crippen molar-refractivity contribution in [1.29, 1.82) is 0 Å². The largest absolute Gasteiger partial charge is 0.464 e. The number of hydrogen-bond donors (Lipinski definition) is 1. The van der Waals surface area contributed by atoms with Gasteiger partial charge in [-0.3, -0.25) is 9.59 Å². The van der Waals surface area contributed by atoms with Crippen LogP contribution in [0.3, 0.4) is 0 Å². The molecule has 0 saturated carbocycles. The van der Waals surface area contributed by atoms with Gasteiger partial charge in [-0.25, -0.2) is 0 Å². The lowest BCUT2D eigenvalue weighted by Gasteiger charge is -2.31. The molecule has 0 bridgehead atoms. The van der Waals surface area contributed by atoms with E-state index in [0.717, 1.165) is 34.7 Å². The third-order valence-corrected chi connectivity index (χ3v) is 5.83. The molecule has 6 heteroatoms. The Morgan fingerprint density at radius 1 is 1.14 bits per heavy atom. The maximum absolute atomic E-state index is 12.7. The van der Waals surface area contributed by atoms with E-state index in [0.29, 0.717) is 13.1 Å². The molecule has 1 aliphatic rings. The molecule has 5 nitrogen and oxygen atoms in total. The number of amides is 2. The van der Waals surface area contributed by atoms with Crippen LogP contribution >= 0.6 is 11.3 Å². The number of rotatable bonds is 5. The topological polar surface area (TPSA) is 62.6 Å². The predicted molar refractivity (Wildman–Crippen MR) is 115 cm³/mol. The molecule has 0 radical (unpaired) electrons. The summed E-state index contributed by atoms with van der Waals surface area (Å²) in [7, 11) is 0. The van der Waals surface area contributed by atoms with E-state index in [4.69, 9.17) is 4.42 Å². The average molecular weight is 407 g/mol. The minimum Gasteiger partial charge on any atom is -0.464 e. The smallest absolute Gasteiger partial charge is 0.246 e. The summed E-state index contributed by atoms with van der Waals surface area (Å²) in [5.74, 6) is 0.502. The number of hydrogen-bond acceptors (Lipinski definition) is 4. The zero-order valence-corrected chi connectivity index (χ0v) is 16.7. The summed E-state index contributed by atoms with van der Waals surface area (Å²) >= 11 is 1.59. The molecule has 1 aliphatic heterocycles. The highest BCUT2D eigenvalue weighted by molar-refractivity contribution is 7.10. The third kappa shape index (κ3) is 4.84. The maximum atomic E-state index is 12.7. The van der Waals surface area contributed by atoms with Crippen LogP contribution in [0.1, 0.15) is 17.7 Å². The van der Waals surface area contributed by atoms with Crippen molar-refractivity contribution in [2.75, 3.05) is 18.4 Å². The summed E-state index contributed by atoms with van der Waals surface area (Å²) in [4.78, 5) is 28.0. The Morgan fingerprint density at radius 2 is 2.00 bits per heavy atom. The van der Waals surface area contributed by atoms with Crippen molar-refractivity contribution in [3.05, 3.63) is 71.1 Å². The summed E-state index contributed by atoms with van der Waals surface area (Å²) in [6.45, 7) is 1.14. The van der Waals surface area contributed by atoms with Crippen LogP contribution in [-0.2, 0) is 9.59 Å². The van der Waals surface area contributed by atoms with Gasteiger partial charge in [0.15, 0.2) is 0 Å². The van der Waals surface area contributed by atoms with Gasteiger partial charge in [0.05, 0.1) is 12.2 Å². The van der Waals surface area contributed by atoms with Gasteiger partial charge in [0.25, 0.3) is 0 Å². The highest BCUT2D eigenvalue weighted by Gasteiger charge is 2.27. The summed E-state index contributed by atoms with van der Waals surface area (Å²) in [5, 5.41) is 4.95. The first kappa shape index (κ1) is 19.2. The van der Waals surface area contributed by atoms with Crippen molar-refractivity contribution in [2.24, 2.45) is 5.92 Å². The van der Waals surface area contributed by atoms with Gasteiger partial charge in [-0.1, -0.05) is 6.07 Å². The normalized spacial score (nSPS) is 16.8. The SMILES string of the molecule is O=C(Nc1ccc(-c2ccco2)cc1)[C@H]1CCCN(C(=O)/C=C/c2cccs2)C1. The molecule has 0 aliphatic carbocycles. The highest BCUT2D eigenvalue weighted by atomic mass is 32.1. The molecule has 3 heterocycles. The van der Waals surface area contributed by atoms with Crippen molar-refractivity contribution < 1.29 is 14.0 Å². The number of anilines is 1. The Morgan fingerprint density at radius 3 is 2.72 bits per heavy atom. The predicted octanol–water partition coefficient (Wildman–Crippen LogP) is 4.90. The van der Waals surface area contributed by atoms with Gasteiger partial charge in [0, 0.05) is 35.3 Å². The minimum absolute atomic E-state index is 0.0429. The number of piperidine rings is 1. The van der Waals surface area contributed by atoms with E-state index in [-0.39, 0.29) is 17.7 Å². The van der Waals surface area contributed by atoms with Crippen molar-refractivity contribution in [3.63, 3.8) is 0 Å². The molecule has 29 heavy (non-hydrogen) atoms. The standard InChI is InChI=1S/C23H22N2O3S/c26-22(12-11-20-5-3-15-29-20)25-13-1-4-18(16-25)23(27)24-19-9-7-17(8-10-19)21-6-2-14-28-21/h2-3,5-12,14-15,18H,1,4,13,16H2,(H,24,27)/b12-11+/t18-/m0/s1. The second-order valence-electron chi connectivity index (χ2n) is 7.02. The summed E-state index contributed by atoms with van der Waals surface area (Å²) < 4.78 is 5.38. The molecule has 2 amide bonds. The molecule has 1 saturated heterocycles. The molecule has 2 aromatic heterocycles. The van der Waals surface area contributed by atoms with Crippen molar-refractivity contribution in [1.82, 2.24) is 4.90 Å². The van der Waals surface area contributed by atoms with Crippen molar-refractivity contribution in [2.45, 2.75) is 12.8 Å². The third-order valence-electron chi connectivity index (χ3n) is 5.00. The van der Waals surface area contributed by atoms with Gasteiger partial charge in [-0.2, -0.15) is 0 Å². The van der Waals surface area contributed by atoms with Crippen LogP contribution in [0.25, 0.3) is 17.4 Å². The molecule has 0 spiro atoms. The highest BCUT2D eigenvalue weighted by Crippen LogP contribution is 2.23. The number of furan rings is 1. The number of nitrogens with one attached hydrogen (secondary N) is 1. The van der Waals surface area contributed by atoms with Crippen LogP contribution in [0.4, 0.5) is 5.69 Å². The number of carbonyl (C=O) groups is 2. The van der Waals surface area contributed by atoms with Gasteiger partial charge in [0.2, 0.25) is 11.8 Å². The van der Waals surface area contributed by atoms with Crippen LogP contribution in [0, 0.1) is 5.92 Å². The Bertz CT molecular complexity index is 976. The van der Waals surface area contributed by atoms with Gasteiger partial charge < -0.3 is 14.6 Å². The van der Waals surface area contributed by atoms with Gasteiger partial charge in [0.1, 0.15) is 5.76 Å². The van der Waals surface area contributed by atoms with E-state index in [2.05, 4.69) is 5.32 Å². The number of carbonyl (C=O) groups excluding carboxylic acids is 2. The molecule has 4 rings (SSSR count). The second kappa shape index (κ2) is 8.92. The molecule has 1 atom stereocenters. The maximum Gasteiger partial charge on any atom is 0.246 e. The molecule has 1 fully saturated rings. The Hall–Kier alpha value is -3.12. The lowest BCUT2D eigenvalue weighted by atomic mass is 9.97. The molecule has 0 unspecified atom stereocenters. The number of likely N-dealkylation sites (tertiary alicyclic amines) is 1. The average Bonchev–Trinajstić information content (AvgIpc) is 3.47. The quantitative estimate of drug-likeness (QED) is 0.613. The Balaban J connectivity index is 1.34. The number of benzene rings is 1. The monoisotopic (exact) mass is 406 g/mol. The van der Waals surface area contributed by atoms with E-state index >= 15 is 0 Å². The molecule has 1 aromatic carbocycles. The fourth-order valence-electron chi connectivity index (χ4n) is 3.44.